The van der Waals surface area contributed by atoms with Gasteiger partial charge in [0.15, 0.2) is 0 Å². The molecule has 4 rings (SSSR count). The van der Waals surface area contributed by atoms with Crippen LogP contribution < -0.4 is 5.32 Å². The molecule has 150 valence electrons. The molecule has 0 aromatic carbocycles. The van der Waals surface area contributed by atoms with Crippen molar-refractivity contribution in [2.45, 2.75) is 17.8 Å². The molecule has 3 N–H and O–H groups in total. The summed E-state index contributed by atoms with van der Waals surface area (Å²) >= 11 is 8.46. The highest BCUT2D eigenvalue weighted by Crippen LogP contribution is 2.41. The Kier molecular flexibility index (Phi) is 5.19. The van der Waals surface area contributed by atoms with Gasteiger partial charge in [-0.25, -0.2) is 14.8 Å². The minimum Gasteiger partial charge on any atom is -0.506 e. The number of carboxylic acid groups (broad SMARTS) is 1. The van der Waals surface area contributed by atoms with Crippen LogP contribution in [0.3, 0.4) is 0 Å². The van der Waals surface area contributed by atoms with Crippen molar-refractivity contribution in [2.75, 3.05) is 5.75 Å². The largest absolute Gasteiger partial charge is 0.506 e. The lowest BCUT2D eigenvalue weighted by Gasteiger charge is -2.48. The van der Waals surface area contributed by atoms with Crippen molar-refractivity contribution >= 4 is 52.5 Å². The Bertz CT molecular complexity index is 1060. The number of thioether (sulfide) groups is 1. The van der Waals surface area contributed by atoms with E-state index in [-0.39, 0.29) is 28.7 Å². The van der Waals surface area contributed by atoms with Gasteiger partial charge in [0.2, 0.25) is 5.91 Å². The molecule has 0 saturated carbocycles. The number of thiazole rings is 1. The van der Waals surface area contributed by atoms with E-state index in [1.165, 1.54) is 35.4 Å². The number of halogens is 1. The van der Waals surface area contributed by atoms with Gasteiger partial charge in [0.25, 0.3) is 5.91 Å². The van der Waals surface area contributed by atoms with Gasteiger partial charge in [-0.3, -0.25) is 14.5 Å². The summed E-state index contributed by atoms with van der Waals surface area (Å²) in [5, 5.41) is 23.5. The summed E-state index contributed by atoms with van der Waals surface area (Å²) in [4.78, 5) is 45.6. The lowest BCUT2D eigenvalue weighted by Crippen LogP contribution is -2.70. The summed E-state index contributed by atoms with van der Waals surface area (Å²) in [7, 11) is 0. The van der Waals surface area contributed by atoms with Gasteiger partial charge in [0, 0.05) is 17.3 Å². The van der Waals surface area contributed by atoms with Crippen molar-refractivity contribution in [3.63, 3.8) is 0 Å². The Balaban J connectivity index is 1.41. The quantitative estimate of drug-likeness (QED) is 0.579. The van der Waals surface area contributed by atoms with Gasteiger partial charge in [0.1, 0.15) is 33.6 Å². The maximum Gasteiger partial charge on any atom is 0.353 e. The minimum absolute atomic E-state index is 0.00622. The number of aromatic nitrogens is 2. The first-order chi connectivity index (χ1) is 13.9. The third kappa shape index (κ3) is 3.56. The Morgan fingerprint density at radius 2 is 2.21 bits per heavy atom. The first kappa shape index (κ1) is 19.7. The molecule has 0 radical (unpaired) electrons. The van der Waals surface area contributed by atoms with Gasteiger partial charge in [-0.2, -0.15) is 0 Å². The SMILES string of the molecule is O=C(Cc1csc(-c2ncccc2O)n1)N[C@@H]1C(=O)N2C(C(=O)O)=C(Cl)CS[C@H]12. The number of aromatic hydroxyl groups is 1. The number of fused-ring (bicyclic) bond motifs is 1. The molecule has 2 aromatic rings. The van der Waals surface area contributed by atoms with Gasteiger partial charge >= 0.3 is 5.97 Å². The van der Waals surface area contributed by atoms with Crippen LogP contribution in [-0.4, -0.2) is 60.0 Å². The Labute approximate surface area is 177 Å². The fourth-order valence-corrected chi connectivity index (χ4v) is 5.40. The topological polar surface area (TPSA) is 133 Å². The zero-order chi connectivity index (χ0) is 20.7. The molecule has 1 fully saturated rings. The monoisotopic (exact) mass is 452 g/mol. The van der Waals surface area contributed by atoms with E-state index >= 15 is 0 Å². The molecule has 2 atom stereocenters. The highest BCUT2D eigenvalue weighted by Gasteiger charge is 2.54. The molecular weight excluding hydrogens is 440 g/mol. The van der Waals surface area contributed by atoms with E-state index in [9.17, 15) is 24.6 Å². The normalized spacial score (nSPS) is 20.9. The third-order valence-electron chi connectivity index (χ3n) is 4.32. The molecule has 1 saturated heterocycles. The maximum atomic E-state index is 12.4. The van der Waals surface area contributed by atoms with Gasteiger partial charge in [0.05, 0.1) is 17.1 Å². The van der Waals surface area contributed by atoms with Crippen LogP contribution in [0.5, 0.6) is 5.75 Å². The molecule has 12 heteroatoms. The van der Waals surface area contributed by atoms with Crippen LogP contribution in [0, 0.1) is 0 Å². The number of pyridine rings is 1. The van der Waals surface area contributed by atoms with E-state index in [0.29, 0.717) is 16.4 Å². The third-order valence-corrected chi connectivity index (χ3v) is 6.97. The van der Waals surface area contributed by atoms with E-state index in [1.807, 2.05) is 0 Å². The molecule has 29 heavy (non-hydrogen) atoms. The van der Waals surface area contributed by atoms with Crippen LogP contribution >= 0.6 is 34.7 Å². The number of β-lactam (4-membered cyclic amide) rings is 1. The molecular formula is C17H13ClN4O5S2. The molecule has 0 spiro atoms. The highest BCUT2D eigenvalue weighted by molar-refractivity contribution is 8.00. The van der Waals surface area contributed by atoms with E-state index < -0.39 is 29.2 Å². The molecule has 2 aliphatic heterocycles. The molecule has 0 unspecified atom stereocenters. The molecule has 0 bridgehead atoms. The zero-order valence-corrected chi connectivity index (χ0v) is 16.9. The Hall–Kier alpha value is -2.63. The van der Waals surface area contributed by atoms with Crippen LogP contribution in [-0.2, 0) is 20.8 Å². The number of hydrogen-bond acceptors (Lipinski definition) is 8. The van der Waals surface area contributed by atoms with Crippen LogP contribution in [0.2, 0.25) is 0 Å². The van der Waals surface area contributed by atoms with E-state index in [2.05, 4.69) is 15.3 Å². The Morgan fingerprint density at radius 3 is 2.93 bits per heavy atom. The lowest BCUT2D eigenvalue weighted by atomic mass is 10.0. The summed E-state index contributed by atoms with van der Waals surface area (Å²) in [6.07, 6.45) is 1.47. The smallest absolute Gasteiger partial charge is 0.353 e. The number of carboxylic acids is 1. The number of hydrogen-bond donors (Lipinski definition) is 3. The van der Waals surface area contributed by atoms with Gasteiger partial charge in [-0.05, 0) is 12.1 Å². The minimum atomic E-state index is -1.27. The number of nitrogens with zero attached hydrogens (tertiary/aromatic N) is 3. The molecule has 2 aliphatic rings. The average Bonchev–Trinajstić information content (AvgIpc) is 3.14. The predicted molar refractivity (Wildman–Crippen MR) is 106 cm³/mol. The second-order valence-corrected chi connectivity index (χ2v) is 8.62. The van der Waals surface area contributed by atoms with Crippen molar-refractivity contribution in [3.05, 3.63) is 40.1 Å². The lowest BCUT2D eigenvalue weighted by molar-refractivity contribution is -0.150. The summed E-state index contributed by atoms with van der Waals surface area (Å²) in [6.45, 7) is 0. The van der Waals surface area contributed by atoms with Gasteiger partial charge in [-0.15, -0.1) is 23.1 Å². The second-order valence-electron chi connectivity index (χ2n) is 6.21. The fraction of sp³-hybridized carbons (Fsp3) is 0.235. The number of nitrogens with one attached hydrogen (secondary N) is 1. The summed E-state index contributed by atoms with van der Waals surface area (Å²) < 4.78 is 0. The maximum absolute atomic E-state index is 12.4. The number of amides is 2. The van der Waals surface area contributed by atoms with Crippen molar-refractivity contribution in [3.8, 4) is 16.5 Å². The molecule has 4 heterocycles. The number of carbonyl (C=O) groups is 3. The summed E-state index contributed by atoms with van der Waals surface area (Å²) in [5.41, 5.74) is 0.573. The molecule has 2 amide bonds. The van der Waals surface area contributed by atoms with Crippen LogP contribution in [0.4, 0.5) is 0 Å². The first-order valence-electron chi connectivity index (χ1n) is 8.31. The fourth-order valence-electron chi connectivity index (χ4n) is 3.03. The number of aliphatic carboxylic acids is 1. The average molecular weight is 453 g/mol. The Morgan fingerprint density at radius 1 is 1.41 bits per heavy atom. The van der Waals surface area contributed by atoms with Crippen LogP contribution in [0.25, 0.3) is 10.7 Å². The van der Waals surface area contributed by atoms with Crippen molar-refractivity contribution in [2.24, 2.45) is 0 Å². The van der Waals surface area contributed by atoms with Crippen molar-refractivity contribution < 1.29 is 24.6 Å². The second kappa shape index (κ2) is 7.65. The number of rotatable bonds is 5. The zero-order valence-electron chi connectivity index (χ0n) is 14.5. The molecule has 0 aliphatic carbocycles. The highest BCUT2D eigenvalue weighted by atomic mass is 35.5. The van der Waals surface area contributed by atoms with Crippen molar-refractivity contribution in [1.29, 1.82) is 0 Å². The summed E-state index contributed by atoms with van der Waals surface area (Å²) in [5.74, 6) is -1.95. The first-order valence-corrected chi connectivity index (χ1v) is 10.6. The summed E-state index contributed by atoms with van der Waals surface area (Å²) in [6, 6.07) is 2.28. The van der Waals surface area contributed by atoms with E-state index in [0.717, 1.165) is 4.90 Å². The van der Waals surface area contributed by atoms with Crippen molar-refractivity contribution in [1.82, 2.24) is 20.2 Å². The standard InChI is InChI=1S/C17H13ClN4O5S2/c18-8-6-29-16-12(15(25)22(16)13(8)17(26)27)21-10(24)4-7-5-28-14(20-7)11-9(23)2-1-3-19-11/h1-3,5,12,16,23H,4,6H2,(H,21,24)(H,26,27)/t12-,16-/m1/s1. The molecule has 2 aromatic heterocycles. The number of carbonyl (C=O) groups excluding carboxylic acids is 2. The predicted octanol–water partition coefficient (Wildman–Crippen LogP) is 1.39. The van der Waals surface area contributed by atoms with E-state index in [4.69, 9.17) is 11.6 Å². The van der Waals surface area contributed by atoms with Gasteiger partial charge < -0.3 is 15.5 Å². The van der Waals surface area contributed by atoms with E-state index in [1.54, 1.807) is 11.4 Å². The van der Waals surface area contributed by atoms with Crippen LogP contribution in [0.1, 0.15) is 5.69 Å². The van der Waals surface area contributed by atoms with Gasteiger partial charge in [-0.1, -0.05) is 11.6 Å². The molecule has 9 nitrogen and oxygen atoms in total. The van der Waals surface area contributed by atoms with Crippen LogP contribution in [0.15, 0.2) is 34.4 Å².